The molecule has 1 N–H and O–H groups in total. The second-order valence-corrected chi connectivity index (χ2v) is 7.00. The highest BCUT2D eigenvalue weighted by Gasteiger charge is 2.12. The molecule has 1 atom stereocenters. The van der Waals surface area contributed by atoms with Crippen LogP contribution in [0, 0.1) is 5.92 Å². The second-order valence-electron chi connectivity index (χ2n) is 5.11. The zero-order chi connectivity index (χ0) is 14.3. The SMILES string of the molecule is CCCNC(CSCC(C)C)c1ccc(Cl)c(Cl)c1. The Hall–Kier alpha value is 0.110. The van der Waals surface area contributed by atoms with E-state index in [1.165, 1.54) is 11.3 Å². The molecule has 4 heteroatoms. The summed E-state index contributed by atoms with van der Waals surface area (Å²) in [6.07, 6.45) is 1.13. The minimum absolute atomic E-state index is 0.346. The normalized spacial score (nSPS) is 12.9. The molecule has 0 fully saturated rings. The second kappa shape index (κ2) is 9.12. The molecular formula is C15H23Cl2NS. The van der Waals surface area contributed by atoms with Crippen LogP contribution < -0.4 is 5.32 Å². The Morgan fingerprint density at radius 2 is 1.89 bits per heavy atom. The van der Waals surface area contributed by atoms with Crippen LogP contribution in [0.15, 0.2) is 18.2 Å². The molecule has 1 nitrogen and oxygen atoms in total. The highest BCUT2D eigenvalue weighted by Crippen LogP contribution is 2.27. The van der Waals surface area contributed by atoms with Gasteiger partial charge in [0, 0.05) is 11.8 Å². The minimum atomic E-state index is 0.346. The Morgan fingerprint density at radius 1 is 1.16 bits per heavy atom. The molecule has 0 aliphatic rings. The van der Waals surface area contributed by atoms with Crippen LogP contribution in [-0.4, -0.2) is 18.1 Å². The Bertz CT molecular complexity index is 382. The molecule has 19 heavy (non-hydrogen) atoms. The lowest BCUT2D eigenvalue weighted by atomic mass is 10.1. The molecule has 0 aliphatic heterocycles. The summed E-state index contributed by atoms with van der Waals surface area (Å²) in [5.41, 5.74) is 1.22. The van der Waals surface area contributed by atoms with E-state index < -0.39 is 0 Å². The summed E-state index contributed by atoms with van der Waals surface area (Å²) in [6, 6.07) is 6.27. The van der Waals surface area contributed by atoms with Crippen molar-refractivity contribution in [3.63, 3.8) is 0 Å². The van der Waals surface area contributed by atoms with Crippen LogP contribution in [0.25, 0.3) is 0 Å². The topological polar surface area (TPSA) is 12.0 Å². The lowest BCUT2D eigenvalue weighted by Gasteiger charge is -2.19. The van der Waals surface area contributed by atoms with Crippen molar-refractivity contribution in [2.75, 3.05) is 18.1 Å². The molecular weight excluding hydrogens is 297 g/mol. The van der Waals surface area contributed by atoms with Crippen LogP contribution in [0.4, 0.5) is 0 Å². The van der Waals surface area contributed by atoms with Crippen LogP contribution in [0.1, 0.15) is 38.8 Å². The van der Waals surface area contributed by atoms with Crippen molar-refractivity contribution in [1.82, 2.24) is 5.32 Å². The summed E-state index contributed by atoms with van der Waals surface area (Å²) >= 11 is 14.1. The molecule has 0 radical (unpaired) electrons. The van der Waals surface area contributed by atoms with E-state index >= 15 is 0 Å². The third-order valence-electron chi connectivity index (χ3n) is 2.72. The zero-order valence-corrected chi connectivity index (χ0v) is 14.2. The van der Waals surface area contributed by atoms with E-state index in [9.17, 15) is 0 Å². The fraction of sp³-hybridized carbons (Fsp3) is 0.600. The first-order valence-electron chi connectivity index (χ1n) is 6.80. The predicted molar refractivity (Wildman–Crippen MR) is 89.7 cm³/mol. The van der Waals surface area contributed by atoms with E-state index in [0.717, 1.165) is 24.6 Å². The first-order chi connectivity index (χ1) is 9.04. The van der Waals surface area contributed by atoms with Gasteiger partial charge in [0.15, 0.2) is 0 Å². The van der Waals surface area contributed by atoms with Gasteiger partial charge in [-0.15, -0.1) is 0 Å². The quantitative estimate of drug-likeness (QED) is 0.686. The van der Waals surface area contributed by atoms with Crippen molar-refractivity contribution in [3.8, 4) is 0 Å². The summed E-state index contributed by atoms with van der Waals surface area (Å²) < 4.78 is 0. The van der Waals surface area contributed by atoms with Crippen molar-refractivity contribution >= 4 is 35.0 Å². The Balaban J connectivity index is 2.68. The van der Waals surface area contributed by atoms with Gasteiger partial charge in [-0.3, -0.25) is 0 Å². The zero-order valence-electron chi connectivity index (χ0n) is 11.9. The van der Waals surface area contributed by atoms with E-state index in [2.05, 4.69) is 32.2 Å². The highest BCUT2D eigenvalue weighted by molar-refractivity contribution is 7.99. The third kappa shape index (κ3) is 6.40. The molecule has 1 rings (SSSR count). The smallest absolute Gasteiger partial charge is 0.0595 e. The summed E-state index contributed by atoms with van der Waals surface area (Å²) in [6.45, 7) is 7.70. The van der Waals surface area contributed by atoms with E-state index in [1.54, 1.807) is 0 Å². The van der Waals surface area contributed by atoms with Crippen molar-refractivity contribution in [3.05, 3.63) is 33.8 Å². The van der Waals surface area contributed by atoms with Gasteiger partial charge in [0.2, 0.25) is 0 Å². The van der Waals surface area contributed by atoms with Gasteiger partial charge in [-0.25, -0.2) is 0 Å². The average Bonchev–Trinajstić information content (AvgIpc) is 2.36. The lowest BCUT2D eigenvalue weighted by Crippen LogP contribution is -2.24. The molecule has 0 heterocycles. The molecule has 0 saturated carbocycles. The third-order valence-corrected chi connectivity index (χ3v) is 4.93. The minimum Gasteiger partial charge on any atom is -0.309 e. The Labute approximate surface area is 131 Å². The van der Waals surface area contributed by atoms with Crippen LogP contribution in [0.5, 0.6) is 0 Å². The molecule has 1 aromatic carbocycles. The van der Waals surface area contributed by atoms with Gasteiger partial charge in [0.1, 0.15) is 0 Å². The molecule has 0 saturated heterocycles. The van der Waals surface area contributed by atoms with Crippen molar-refractivity contribution in [1.29, 1.82) is 0 Å². The Kier molecular flexibility index (Phi) is 8.24. The van der Waals surface area contributed by atoms with Crippen molar-refractivity contribution in [2.45, 2.75) is 33.2 Å². The maximum absolute atomic E-state index is 6.11. The van der Waals surface area contributed by atoms with E-state index in [-0.39, 0.29) is 0 Å². The number of halogens is 2. The standard InChI is InChI=1S/C15H23Cl2NS/c1-4-7-18-15(10-19-9-11(2)3)12-5-6-13(16)14(17)8-12/h5-6,8,11,15,18H,4,7,9-10H2,1-3H3. The van der Waals surface area contributed by atoms with Gasteiger partial charge >= 0.3 is 0 Å². The average molecular weight is 320 g/mol. The molecule has 108 valence electrons. The summed E-state index contributed by atoms with van der Waals surface area (Å²) in [7, 11) is 0. The van der Waals surface area contributed by atoms with E-state index in [1.807, 2.05) is 23.9 Å². The molecule has 0 aliphatic carbocycles. The number of benzene rings is 1. The van der Waals surface area contributed by atoms with Crippen molar-refractivity contribution in [2.24, 2.45) is 5.92 Å². The maximum Gasteiger partial charge on any atom is 0.0595 e. The summed E-state index contributed by atoms with van der Waals surface area (Å²) in [5.74, 6) is 2.98. The molecule has 0 amide bonds. The number of hydrogen-bond acceptors (Lipinski definition) is 2. The van der Waals surface area contributed by atoms with Crippen LogP contribution in [-0.2, 0) is 0 Å². The fourth-order valence-electron chi connectivity index (χ4n) is 1.74. The molecule has 1 aromatic rings. The number of thioether (sulfide) groups is 1. The van der Waals surface area contributed by atoms with Crippen LogP contribution in [0.3, 0.4) is 0 Å². The molecule has 0 spiro atoms. The van der Waals surface area contributed by atoms with Gasteiger partial charge in [-0.2, -0.15) is 11.8 Å². The number of rotatable bonds is 8. The molecule has 1 unspecified atom stereocenters. The van der Waals surface area contributed by atoms with E-state index in [4.69, 9.17) is 23.2 Å². The Morgan fingerprint density at radius 3 is 2.47 bits per heavy atom. The maximum atomic E-state index is 6.11. The van der Waals surface area contributed by atoms with E-state index in [0.29, 0.717) is 16.1 Å². The van der Waals surface area contributed by atoms with Crippen molar-refractivity contribution < 1.29 is 0 Å². The number of hydrogen-bond donors (Lipinski definition) is 1. The van der Waals surface area contributed by atoms with Crippen LogP contribution >= 0.6 is 35.0 Å². The lowest BCUT2D eigenvalue weighted by molar-refractivity contribution is 0.577. The van der Waals surface area contributed by atoms with Gasteiger partial charge in [0.25, 0.3) is 0 Å². The molecule has 0 bridgehead atoms. The summed E-state index contributed by atoms with van der Waals surface area (Å²) in [4.78, 5) is 0. The monoisotopic (exact) mass is 319 g/mol. The van der Waals surface area contributed by atoms with Gasteiger partial charge in [0.05, 0.1) is 10.0 Å². The first-order valence-corrected chi connectivity index (χ1v) is 8.71. The van der Waals surface area contributed by atoms with Gasteiger partial charge in [-0.1, -0.05) is 50.0 Å². The van der Waals surface area contributed by atoms with Crippen LogP contribution in [0.2, 0.25) is 10.0 Å². The predicted octanol–water partition coefficient (Wildman–Crippen LogP) is 5.42. The molecule has 0 aromatic heterocycles. The fourth-order valence-corrected chi connectivity index (χ4v) is 3.20. The number of nitrogens with one attached hydrogen (secondary N) is 1. The highest BCUT2D eigenvalue weighted by atomic mass is 35.5. The largest absolute Gasteiger partial charge is 0.309 e. The summed E-state index contributed by atoms with van der Waals surface area (Å²) in [5, 5.41) is 4.84. The first kappa shape index (κ1) is 17.2. The van der Waals surface area contributed by atoms with Gasteiger partial charge in [-0.05, 0) is 42.3 Å². The van der Waals surface area contributed by atoms with Gasteiger partial charge < -0.3 is 5.32 Å².